The quantitative estimate of drug-likeness (QED) is 0.294. The number of rotatable bonds is 7. The van der Waals surface area contributed by atoms with Crippen LogP contribution in [0.5, 0.6) is 5.75 Å². The summed E-state index contributed by atoms with van der Waals surface area (Å²) in [4.78, 5) is 18.3. The highest BCUT2D eigenvalue weighted by Gasteiger charge is 2.38. The van der Waals surface area contributed by atoms with Gasteiger partial charge in [-0.2, -0.15) is 0 Å². The summed E-state index contributed by atoms with van der Waals surface area (Å²) in [6, 6.07) is 7.47. The Labute approximate surface area is 228 Å². The predicted molar refractivity (Wildman–Crippen MR) is 148 cm³/mol. The van der Waals surface area contributed by atoms with E-state index in [1.807, 2.05) is 38.5 Å². The van der Waals surface area contributed by atoms with Crippen molar-refractivity contribution in [3.8, 4) is 16.9 Å². The number of carbonyl (C=O) groups is 1. The molecule has 0 aliphatic rings. The molecule has 0 spiro atoms. The zero-order chi connectivity index (χ0) is 29.6. The van der Waals surface area contributed by atoms with E-state index in [4.69, 9.17) is 4.43 Å². The number of ether oxygens (including phenoxy) is 1. The molecule has 0 saturated heterocycles. The van der Waals surface area contributed by atoms with Crippen molar-refractivity contribution in [3.05, 3.63) is 47.8 Å². The van der Waals surface area contributed by atoms with Crippen LogP contribution < -0.4 is 4.74 Å². The van der Waals surface area contributed by atoms with Crippen LogP contribution in [-0.2, 0) is 24.6 Å². The first kappa shape index (κ1) is 30.5. The summed E-state index contributed by atoms with van der Waals surface area (Å²) in [5, 5.41) is 10.0. The second kappa shape index (κ2) is 10.5. The lowest BCUT2D eigenvalue weighted by Gasteiger charge is -2.37. The van der Waals surface area contributed by atoms with E-state index < -0.39 is 26.3 Å². The monoisotopic (exact) mass is 565 g/mol. The third kappa shape index (κ3) is 6.94. The number of aryl methyl sites for hydroxylation is 1. The van der Waals surface area contributed by atoms with Gasteiger partial charge in [0.1, 0.15) is 5.75 Å². The van der Waals surface area contributed by atoms with Crippen LogP contribution in [0.1, 0.15) is 52.7 Å². The number of aromatic nitrogens is 2. The Morgan fingerprint density at radius 3 is 2.15 bits per heavy atom. The summed E-state index contributed by atoms with van der Waals surface area (Å²) in [7, 11) is -0.303. The van der Waals surface area contributed by atoms with Gasteiger partial charge < -0.3 is 18.8 Å². The van der Waals surface area contributed by atoms with Crippen molar-refractivity contribution in [2.75, 3.05) is 0 Å². The summed E-state index contributed by atoms with van der Waals surface area (Å²) in [5.74, 6) is -0.326. The number of carboxylic acid groups (broad SMARTS) is 1. The Balaban J connectivity index is 2.22. The van der Waals surface area contributed by atoms with Crippen LogP contribution in [0.4, 0.5) is 18.0 Å². The molecule has 0 atom stereocenters. The molecular formula is C28H38F3N3O4Si. The van der Waals surface area contributed by atoms with E-state index in [-0.39, 0.29) is 23.9 Å². The molecular weight excluding hydrogens is 527 g/mol. The molecule has 2 aromatic carbocycles. The summed E-state index contributed by atoms with van der Waals surface area (Å²) in [6.45, 7) is 16.6. The van der Waals surface area contributed by atoms with Crippen molar-refractivity contribution >= 4 is 25.4 Å². The van der Waals surface area contributed by atoms with Crippen molar-refractivity contribution in [1.29, 1.82) is 0 Å². The van der Waals surface area contributed by atoms with E-state index in [1.54, 1.807) is 18.5 Å². The maximum atomic E-state index is 12.7. The molecule has 3 rings (SSSR count). The molecule has 0 unspecified atom stereocenters. The van der Waals surface area contributed by atoms with Crippen molar-refractivity contribution in [1.82, 2.24) is 14.5 Å². The number of fused-ring (bicyclic) bond motifs is 1. The van der Waals surface area contributed by atoms with Gasteiger partial charge in [-0.1, -0.05) is 32.9 Å². The highest BCUT2D eigenvalue weighted by atomic mass is 28.4. The molecule has 1 heterocycles. The highest BCUT2D eigenvalue weighted by Crippen LogP contribution is 2.40. The number of hydrogen-bond acceptors (Lipinski definition) is 4. The van der Waals surface area contributed by atoms with Crippen LogP contribution in [-0.4, -0.2) is 45.9 Å². The zero-order valence-corrected chi connectivity index (χ0v) is 25.0. The first-order valence-corrected chi connectivity index (χ1v) is 15.6. The molecule has 1 N–H and O–H groups in total. The molecule has 0 aliphatic carbocycles. The molecule has 0 radical (unpaired) electrons. The van der Waals surface area contributed by atoms with Gasteiger partial charge in [-0.3, -0.25) is 4.90 Å². The van der Waals surface area contributed by atoms with Gasteiger partial charge in [0.15, 0.2) is 8.32 Å². The fourth-order valence-electron chi connectivity index (χ4n) is 4.05. The van der Waals surface area contributed by atoms with E-state index in [9.17, 15) is 23.1 Å². The molecule has 0 aliphatic heterocycles. The molecule has 0 fully saturated rings. The van der Waals surface area contributed by atoms with Crippen molar-refractivity contribution in [2.45, 2.75) is 84.7 Å². The molecule has 0 bridgehead atoms. The van der Waals surface area contributed by atoms with Crippen molar-refractivity contribution in [3.63, 3.8) is 0 Å². The summed E-state index contributed by atoms with van der Waals surface area (Å²) in [6.07, 6.45) is -4.17. The van der Waals surface area contributed by atoms with Gasteiger partial charge >= 0.3 is 12.5 Å². The first-order valence-electron chi connectivity index (χ1n) is 12.7. The SMILES string of the molecule is Cn1cnc2c(-c3ccc(OC(F)(F)F)cc3)cc(CN(C(=O)O)C(C)(C)C)c(CO[Si](C)(C)C(C)(C)C)c21. The van der Waals surface area contributed by atoms with Gasteiger partial charge in [0.25, 0.3) is 0 Å². The van der Waals surface area contributed by atoms with E-state index >= 15 is 0 Å². The molecule has 39 heavy (non-hydrogen) atoms. The number of halogens is 3. The van der Waals surface area contributed by atoms with E-state index in [0.29, 0.717) is 16.6 Å². The summed E-state index contributed by atoms with van der Waals surface area (Å²) < 4.78 is 50.6. The third-order valence-electron chi connectivity index (χ3n) is 7.34. The fraction of sp³-hybridized carbons (Fsp3) is 0.500. The van der Waals surface area contributed by atoms with Crippen molar-refractivity contribution < 1.29 is 32.2 Å². The van der Waals surface area contributed by atoms with Crippen LogP contribution in [0, 0.1) is 0 Å². The number of benzene rings is 2. The van der Waals surface area contributed by atoms with Crippen LogP contribution >= 0.6 is 0 Å². The summed E-state index contributed by atoms with van der Waals surface area (Å²) >= 11 is 0. The summed E-state index contributed by atoms with van der Waals surface area (Å²) in [5.41, 5.74) is 3.65. The van der Waals surface area contributed by atoms with Gasteiger partial charge in [-0.15, -0.1) is 13.2 Å². The van der Waals surface area contributed by atoms with E-state index in [1.165, 1.54) is 17.0 Å². The Morgan fingerprint density at radius 1 is 1.08 bits per heavy atom. The molecule has 11 heteroatoms. The molecule has 0 saturated carbocycles. The smallest absolute Gasteiger partial charge is 0.465 e. The predicted octanol–water partition coefficient (Wildman–Crippen LogP) is 7.94. The van der Waals surface area contributed by atoms with Crippen LogP contribution in [0.3, 0.4) is 0 Å². The third-order valence-corrected chi connectivity index (χ3v) is 11.8. The minimum atomic E-state index is -4.79. The molecule has 1 amide bonds. The molecule has 214 valence electrons. The lowest BCUT2D eigenvalue weighted by atomic mass is 9.95. The lowest BCUT2D eigenvalue weighted by molar-refractivity contribution is -0.274. The zero-order valence-electron chi connectivity index (χ0n) is 24.0. The van der Waals surface area contributed by atoms with Gasteiger partial charge in [0.2, 0.25) is 0 Å². The van der Waals surface area contributed by atoms with Crippen LogP contribution in [0.15, 0.2) is 36.7 Å². The maximum Gasteiger partial charge on any atom is 0.573 e. The molecule has 1 aromatic heterocycles. The van der Waals surface area contributed by atoms with Crippen LogP contribution in [0.2, 0.25) is 18.1 Å². The Morgan fingerprint density at radius 2 is 1.67 bits per heavy atom. The van der Waals surface area contributed by atoms with Crippen LogP contribution in [0.25, 0.3) is 22.2 Å². The second-order valence-corrected chi connectivity index (χ2v) is 17.1. The number of alkyl halides is 3. The van der Waals surface area contributed by atoms with E-state index in [0.717, 1.165) is 16.6 Å². The van der Waals surface area contributed by atoms with Gasteiger partial charge in [-0.05, 0) is 68.2 Å². The number of imidazole rings is 1. The normalized spacial score (nSPS) is 13.1. The first-order chi connectivity index (χ1) is 17.7. The topological polar surface area (TPSA) is 76.8 Å². The van der Waals surface area contributed by atoms with Gasteiger partial charge in [0.05, 0.1) is 24.0 Å². The Kier molecular flexibility index (Phi) is 8.20. The average Bonchev–Trinajstić information content (AvgIpc) is 3.15. The van der Waals surface area contributed by atoms with E-state index in [2.05, 4.69) is 43.6 Å². The molecule has 3 aromatic rings. The highest BCUT2D eigenvalue weighted by molar-refractivity contribution is 6.74. The minimum Gasteiger partial charge on any atom is -0.465 e. The fourth-order valence-corrected chi connectivity index (χ4v) is 4.99. The molecule has 7 nitrogen and oxygen atoms in total. The van der Waals surface area contributed by atoms with Crippen molar-refractivity contribution in [2.24, 2.45) is 7.05 Å². The average molecular weight is 566 g/mol. The Hall–Kier alpha value is -3.05. The standard InChI is InChI=1S/C28H38F3N3O4Si/c1-26(2,3)34(25(35)36)15-19-14-21(18-10-12-20(13-11-18)38-28(29,30)31)23-24(33(7)17-32-23)22(19)16-37-39(8,9)27(4,5)6/h10-14,17H,15-16H2,1-9H3,(H,35,36). The second-order valence-electron chi connectivity index (χ2n) is 12.3. The maximum absolute atomic E-state index is 12.7. The Bertz CT molecular complexity index is 1340. The largest absolute Gasteiger partial charge is 0.573 e. The van der Waals surface area contributed by atoms with Gasteiger partial charge in [0, 0.05) is 30.3 Å². The number of nitrogens with zero attached hydrogens (tertiary/aromatic N) is 3. The number of amides is 1. The lowest BCUT2D eigenvalue weighted by Crippen LogP contribution is -2.44. The van der Waals surface area contributed by atoms with Gasteiger partial charge in [-0.25, -0.2) is 9.78 Å². The minimum absolute atomic E-state index is 0.0303. The number of hydrogen-bond donors (Lipinski definition) is 1.